The summed E-state index contributed by atoms with van der Waals surface area (Å²) in [7, 11) is 0. The summed E-state index contributed by atoms with van der Waals surface area (Å²) < 4.78 is 4.91. The van der Waals surface area contributed by atoms with Crippen molar-refractivity contribution in [2.75, 3.05) is 9.80 Å². The van der Waals surface area contributed by atoms with Gasteiger partial charge in [0, 0.05) is 67.1 Å². The fraction of sp³-hybridized carbons (Fsp3) is 0.0741. The third-order valence-electron chi connectivity index (χ3n) is 11.8. The van der Waals surface area contributed by atoms with Gasteiger partial charge in [0.1, 0.15) is 0 Å². The summed E-state index contributed by atoms with van der Waals surface area (Å²) >= 11 is 0. The molecule has 9 aromatic rings. The van der Waals surface area contributed by atoms with Gasteiger partial charge >= 0.3 is 0 Å². The van der Waals surface area contributed by atoms with Gasteiger partial charge in [-0.15, -0.1) is 0 Å². The van der Waals surface area contributed by atoms with E-state index in [2.05, 4.69) is 225 Å². The molecular formula is C54H42N4. The van der Waals surface area contributed by atoms with E-state index in [9.17, 15) is 0 Å². The topological polar surface area (TPSA) is 16.3 Å². The van der Waals surface area contributed by atoms with Crippen LogP contribution in [0.15, 0.2) is 206 Å². The minimum Gasteiger partial charge on any atom is -0.313 e. The molecule has 4 heteroatoms. The zero-order chi connectivity index (χ0) is 38.4. The third kappa shape index (κ3) is 5.76. The quantitative estimate of drug-likeness (QED) is 0.154. The Morgan fingerprint density at radius 3 is 1.10 bits per heavy atom. The van der Waals surface area contributed by atoms with Gasteiger partial charge in [0.2, 0.25) is 0 Å². The van der Waals surface area contributed by atoms with Crippen LogP contribution in [0.3, 0.4) is 0 Å². The second kappa shape index (κ2) is 14.3. The van der Waals surface area contributed by atoms with Crippen molar-refractivity contribution in [1.82, 2.24) is 9.13 Å². The van der Waals surface area contributed by atoms with Gasteiger partial charge in [0.05, 0.1) is 22.1 Å². The summed E-state index contributed by atoms with van der Waals surface area (Å²) in [6, 6.07) is 62.0. The highest BCUT2D eigenvalue weighted by molar-refractivity contribution is 6.12. The molecule has 2 heterocycles. The van der Waals surface area contributed by atoms with Crippen LogP contribution in [-0.4, -0.2) is 9.13 Å². The molecule has 11 rings (SSSR count). The van der Waals surface area contributed by atoms with Crippen molar-refractivity contribution in [3.8, 4) is 0 Å². The monoisotopic (exact) mass is 746 g/mol. The minimum absolute atomic E-state index is 1.03. The number of allylic oxidation sites excluding steroid dienone is 8. The van der Waals surface area contributed by atoms with E-state index in [1.807, 2.05) is 0 Å². The first-order valence-corrected chi connectivity index (χ1v) is 20.4. The Balaban J connectivity index is 1.03. The first-order valence-electron chi connectivity index (χ1n) is 20.4. The molecule has 58 heavy (non-hydrogen) atoms. The second-order valence-electron chi connectivity index (χ2n) is 15.2. The fourth-order valence-corrected chi connectivity index (χ4v) is 9.17. The number of nitrogens with zero attached hydrogens (tertiary/aromatic N) is 4. The number of benzene rings is 7. The van der Waals surface area contributed by atoms with Gasteiger partial charge in [-0.1, -0.05) is 97.1 Å². The van der Waals surface area contributed by atoms with Crippen LogP contribution < -0.4 is 9.80 Å². The molecule has 2 aliphatic rings. The normalized spacial score (nSPS) is 14.0. The summed E-state index contributed by atoms with van der Waals surface area (Å²) in [5.41, 5.74) is 14.3. The average molecular weight is 747 g/mol. The van der Waals surface area contributed by atoms with Crippen molar-refractivity contribution >= 4 is 89.1 Å². The molecule has 2 aliphatic carbocycles. The van der Waals surface area contributed by atoms with Gasteiger partial charge in [-0.25, -0.2) is 0 Å². The molecule has 0 amide bonds. The van der Waals surface area contributed by atoms with E-state index >= 15 is 0 Å². The zero-order valence-electron chi connectivity index (χ0n) is 32.2. The molecule has 0 atom stereocenters. The maximum atomic E-state index is 2.46. The molecule has 0 bridgehead atoms. The first kappa shape index (κ1) is 34.0. The lowest BCUT2D eigenvalue weighted by molar-refractivity contribution is 0.979. The summed E-state index contributed by atoms with van der Waals surface area (Å²) in [6.07, 6.45) is 17.6. The molecule has 0 N–H and O–H groups in total. The van der Waals surface area contributed by atoms with E-state index in [0.29, 0.717) is 0 Å². The fourth-order valence-electron chi connectivity index (χ4n) is 9.17. The molecule has 278 valence electrons. The Labute approximate surface area is 338 Å². The zero-order valence-corrected chi connectivity index (χ0v) is 32.2. The summed E-state index contributed by atoms with van der Waals surface area (Å²) in [6.45, 7) is 0. The molecule has 0 radical (unpaired) electrons. The standard InChI is InChI=1S/C54H42N4/c1-5-17-39(18-6-1)55(45-33-35-53-49(37-45)47-25-13-15-27-51(47)57(53)41-21-9-3-10-22-41)43-29-31-44(32-30-43)56(40-19-7-2-8-20-40)46-34-36-54-50(38-46)48-26-14-16-28-52(48)58(54)42-23-11-4-12-24-42/h1-9,11,13-21,23,25-38H,10,12,22,24H2. The Bertz CT molecular complexity index is 2890. The highest BCUT2D eigenvalue weighted by Crippen LogP contribution is 2.43. The van der Waals surface area contributed by atoms with Gasteiger partial charge in [-0.3, -0.25) is 0 Å². The molecule has 0 saturated carbocycles. The van der Waals surface area contributed by atoms with E-state index in [-0.39, 0.29) is 0 Å². The van der Waals surface area contributed by atoms with Crippen LogP contribution in [0.1, 0.15) is 25.7 Å². The van der Waals surface area contributed by atoms with Crippen molar-refractivity contribution in [1.29, 1.82) is 0 Å². The number of para-hydroxylation sites is 4. The molecule has 0 aliphatic heterocycles. The highest BCUT2D eigenvalue weighted by Gasteiger charge is 2.21. The maximum absolute atomic E-state index is 2.46. The minimum atomic E-state index is 1.03. The van der Waals surface area contributed by atoms with Crippen LogP contribution in [0.4, 0.5) is 34.1 Å². The lowest BCUT2D eigenvalue weighted by Crippen LogP contribution is -2.12. The van der Waals surface area contributed by atoms with E-state index in [1.165, 1.54) is 55.0 Å². The van der Waals surface area contributed by atoms with E-state index < -0.39 is 0 Å². The van der Waals surface area contributed by atoms with Gasteiger partial charge in [-0.05, 0) is 135 Å². The van der Waals surface area contributed by atoms with E-state index in [0.717, 1.165) is 59.8 Å². The Kier molecular flexibility index (Phi) is 8.40. The number of anilines is 6. The van der Waals surface area contributed by atoms with Gasteiger partial charge in [0.15, 0.2) is 0 Å². The van der Waals surface area contributed by atoms with Crippen LogP contribution >= 0.6 is 0 Å². The smallest absolute Gasteiger partial charge is 0.0539 e. The first-order chi connectivity index (χ1) is 28.8. The van der Waals surface area contributed by atoms with Crippen LogP contribution in [-0.2, 0) is 0 Å². The Hall–Kier alpha value is -7.30. The molecule has 7 aromatic carbocycles. The number of fused-ring (bicyclic) bond motifs is 6. The molecule has 0 spiro atoms. The molecular weight excluding hydrogens is 705 g/mol. The van der Waals surface area contributed by atoms with Crippen molar-refractivity contribution in [2.24, 2.45) is 0 Å². The molecule has 4 nitrogen and oxygen atoms in total. The van der Waals surface area contributed by atoms with Crippen LogP contribution in [0.2, 0.25) is 0 Å². The SMILES string of the molecule is C1=CCCC(n2c3ccccc3c3cc(N(c4ccccc4)c4ccc(N(c5ccccc5)c5ccc6c(c5)c5ccccc5n6C5=CC=CCC5)cc4)ccc32)=C1. The third-order valence-corrected chi connectivity index (χ3v) is 11.8. The van der Waals surface area contributed by atoms with Crippen molar-refractivity contribution in [3.05, 3.63) is 206 Å². The van der Waals surface area contributed by atoms with Crippen molar-refractivity contribution in [3.63, 3.8) is 0 Å². The lowest BCUT2D eigenvalue weighted by Gasteiger charge is -2.28. The average Bonchev–Trinajstić information content (AvgIpc) is 3.81. The summed E-state index contributed by atoms with van der Waals surface area (Å²) in [5, 5.41) is 5.04. The number of hydrogen-bond donors (Lipinski definition) is 0. The van der Waals surface area contributed by atoms with Crippen LogP contribution in [0, 0.1) is 0 Å². The molecule has 0 fully saturated rings. The highest BCUT2D eigenvalue weighted by atomic mass is 15.2. The van der Waals surface area contributed by atoms with Gasteiger partial charge in [-0.2, -0.15) is 0 Å². The molecule has 0 saturated heterocycles. The predicted octanol–water partition coefficient (Wildman–Crippen LogP) is 15.2. The Morgan fingerprint density at radius 1 is 0.328 bits per heavy atom. The van der Waals surface area contributed by atoms with E-state index in [1.54, 1.807) is 0 Å². The lowest BCUT2D eigenvalue weighted by atomic mass is 10.1. The Morgan fingerprint density at radius 2 is 0.690 bits per heavy atom. The number of rotatable bonds is 8. The predicted molar refractivity (Wildman–Crippen MR) is 247 cm³/mol. The number of hydrogen-bond acceptors (Lipinski definition) is 2. The largest absolute Gasteiger partial charge is 0.313 e. The maximum Gasteiger partial charge on any atom is 0.0539 e. The van der Waals surface area contributed by atoms with Crippen LogP contribution in [0.5, 0.6) is 0 Å². The second-order valence-corrected chi connectivity index (χ2v) is 15.2. The van der Waals surface area contributed by atoms with E-state index in [4.69, 9.17) is 0 Å². The molecule has 0 unspecified atom stereocenters. The van der Waals surface area contributed by atoms with Gasteiger partial charge in [0.25, 0.3) is 0 Å². The van der Waals surface area contributed by atoms with Crippen molar-refractivity contribution < 1.29 is 0 Å². The molecule has 2 aromatic heterocycles. The summed E-state index contributed by atoms with van der Waals surface area (Å²) in [5.74, 6) is 0. The van der Waals surface area contributed by atoms with Crippen LogP contribution in [0.25, 0.3) is 55.0 Å². The van der Waals surface area contributed by atoms with Gasteiger partial charge < -0.3 is 18.9 Å². The van der Waals surface area contributed by atoms with Crippen molar-refractivity contribution in [2.45, 2.75) is 25.7 Å². The number of aromatic nitrogens is 2. The summed E-state index contributed by atoms with van der Waals surface area (Å²) in [4.78, 5) is 4.75.